The molecule has 2 fully saturated rings. The minimum atomic E-state index is -1.25. The summed E-state index contributed by atoms with van der Waals surface area (Å²) in [5, 5.41) is 65.5. The first-order chi connectivity index (χ1) is 27.3. The topological polar surface area (TPSA) is 142 Å². The van der Waals surface area contributed by atoms with Gasteiger partial charge in [-0.05, 0) is 138 Å². The Labute approximate surface area is 342 Å². The number of nitrogens with one attached hydrogen (secondary N) is 2. The second kappa shape index (κ2) is 20.3. The van der Waals surface area contributed by atoms with Crippen LogP contribution >= 0.6 is 0 Å². The number of benzene rings is 1. The van der Waals surface area contributed by atoms with Crippen molar-refractivity contribution in [1.82, 2.24) is 10.6 Å². The Morgan fingerprint density at radius 1 is 1.16 bits per heavy atom. The van der Waals surface area contributed by atoms with Crippen molar-refractivity contribution < 1.29 is 30.3 Å². The Morgan fingerprint density at radius 2 is 1.91 bits per heavy atom. The predicted molar refractivity (Wildman–Crippen MR) is 230 cm³/mol. The number of allylic oxidation sites excluding steroid dienone is 9. The van der Waals surface area contributed by atoms with E-state index in [2.05, 4.69) is 73.6 Å². The molecule has 2 saturated carbocycles. The molecule has 11 atom stereocenters. The van der Waals surface area contributed by atoms with Crippen LogP contribution in [0.2, 0.25) is 0 Å². The van der Waals surface area contributed by atoms with E-state index in [1.807, 2.05) is 39.1 Å². The Bertz CT molecular complexity index is 1690. The van der Waals surface area contributed by atoms with Crippen LogP contribution in [0.25, 0.3) is 0 Å². The van der Waals surface area contributed by atoms with Gasteiger partial charge in [-0.15, -0.1) is 0 Å². The zero-order valence-electron chi connectivity index (χ0n) is 35.3. The van der Waals surface area contributed by atoms with Gasteiger partial charge in [0.2, 0.25) is 0 Å². The number of hydrogen-bond acceptors (Lipinski definition) is 8. The van der Waals surface area contributed by atoms with Crippen molar-refractivity contribution in [2.45, 2.75) is 135 Å². The predicted octanol–water partition coefficient (Wildman–Crippen LogP) is 6.83. The molecule has 4 bridgehead atoms. The lowest BCUT2D eigenvalue weighted by atomic mass is 9.45. The molecule has 1 aromatic rings. The Morgan fingerprint density at radius 3 is 2.61 bits per heavy atom. The van der Waals surface area contributed by atoms with E-state index in [1.165, 1.54) is 11.1 Å². The van der Waals surface area contributed by atoms with Crippen molar-refractivity contribution in [1.29, 1.82) is 0 Å². The smallest absolute Gasteiger partial charge is 0.145 e. The van der Waals surface area contributed by atoms with Crippen LogP contribution < -0.4 is 10.6 Å². The van der Waals surface area contributed by atoms with Gasteiger partial charge in [-0.3, -0.25) is 10.1 Å². The lowest BCUT2D eigenvalue weighted by Gasteiger charge is -2.61. The number of aliphatic hydroxyl groups is 5. The van der Waals surface area contributed by atoms with Gasteiger partial charge in [0.1, 0.15) is 12.5 Å². The van der Waals surface area contributed by atoms with E-state index in [-0.39, 0.29) is 36.3 Å². The van der Waals surface area contributed by atoms with E-state index in [4.69, 9.17) is 0 Å². The van der Waals surface area contributed by atoms with Crippen molar-refractivity contribution in [3.63, 3.8) is 0 Å². The van der Waals surface area contributed by atoms with Gasteiger partial charge >= 0.3 is 0 Å². The van der Waals surface area contributed by atoms with E-state index in [0.29, 0.717) is 57.1 Å². The molecule has 1 aromatic carbocycles. The standard InChI is InChI=1S/C49H72N2O6/c1-7-8-9-16-43(54)41(15-10-12-32(2)39-18-17-33(3)47(56)51-35(5)27-36-13-11-14-37(28-36)29-39)42-21-23-49(46(42)55)45-38(22-26-52)19-20-40(44(45)34(4)31-53)30-48(49,57)24-25-50-6/h10-15,17,19-20,28,31,35,38-40,42-43,45-47,50-52,54-57H,2,7-9,16,18,21-27,29-30H2,1,3-6H3/t35-,38-,39+,40-,42+,43+,45+,46+,47+,48+,49+/m0/s1. The van der Waals surface area contributed by atoms with Crippen LogP contribution in [0.5, 0.6) is 0 Å². The molecule has 0 unspecified atom stereocenters. The molecule has 5 rings (SSSR count). The minimum absolute atomic E-state index is 0.0391. The van der Waals surface area contributed by atoms with Gasteiger partial charge in [-0.2, -0.15) is 0 Å². The van der Waals surface area contributed by atoms with Crippen LogP contribution in [0.1, 0.15) is 103 Å². The molecule has 0 aromatic heterocycles. The number of aldehydes is 1. The zero-order chi connectivity index (χ0) is 41.3. The van der Waals surface area contributed by atoms with Gasteiger partial charge in [-0.25, -0.2) is 0 Å². The Balaban J connectivity index is 1.53. The molecule has 8 heteroatoms. The van der Waals surface area contributed by atoms with Crippen LogP contribution in [0.4, 0.5) is 0 Å². The average molecular weight is 785 g/mol. The molecule has 1 spiro atoms. The molecule has 0 radical (unpaired) electrons. The van der Waals surface area contributed by atoms with Crippen LogP contribution in [-0.4, -0.2) is 82.1 Å². The second-order valence-electron chi connectivity index (χ2n) is 17.8. The summed E-state index contributed by atoms with van der Waals surface area (Å²) in [7, 11) is 1.87. The lowest BCUT2D eigenvalue weighted by molar-refractivity contribution is -0.194. The average Bonchev–Trinajstić information content (AvgIpc) is 3.53. The Hall–Kier alpha value is -2.95. The van der Waals surface area contributed by atoms with Gasteiger partial charge in [0.15, 0.2) is 0 Å². The molecular weight excluding hydrogens is 713 g/mol. The summed E-state index contributed by atoms with van der Waals surface area (Å²) in [6.07, 6.45) is 18.9. The van der Waals surface area contributed by atoms with Gasteiger partial charge in [-0.1, -0.05) is 105 Å². The van der Waals surface area contributed by atoms with Crippen molar-refractivity contribution in [3.8, 4) is 0 Å². The van der Waals surface area contributed by atoms with Crippen molar-refractivity contribution in [2.24, 2.45) is 35.0 Å². The molecule has 0 amide bonds. The highest BCUT2D eigenvalue weighted by Crippen LogP contribution is 2.67. The first-order valence-electron chi connectivity index (χ1n) is 21.8. The summed E-state index contributed by atoms with van der Waals surface area (Å²) in [5.74, 6) is -0.948. The molecule has 3 aliphatic carbocycles. The molecule has 7 N–H and O–H groups in total. The number of unbranched alkanes of at least 4 members (excludes halogenated alkanes) is 2. The highest BCUT2D eigenvalue weighted by atomic mass is 16.3. The maximum atomic E-state index is 13.0. The van der Waals surface area contributed by atoms with Crippen molar-refractivity contribution in [3.05, 3.63) is 106 Å². The van der Waals surface area contributed by atoms with Gasteiger partial charge in [0, 0.05) is 29.9 Å². The first kappa shape index (κ1) is 45.1. The normalized spacial score (nSPS) is 34.8. The van der Waals surface area contributed by atoms with E-state index in [1.54, 1.807) is 0 Å². The fourth-order valence-electron chi connectivity index (χ4n) is 11.0. The monoisotopic (exact) mass is 785 g/mol. The summed E-state index contributed by atoms with van der Waals surface area (Å²) in [5.41, 5.74) is 4.44. The molecule has 314 valence electrons. The Kier molecular flexibility index (Phi) is 16.1. The van der Waals surface area contributed by atoms with Gasteiger partial charge < -0.3 is 30.8 Å². The molecule has 8 nitrogen and oxygen atoms in total. The van der Waals surface area contributed by atoms with Crippen molar-refractivity contribution in [2.75, 3.05) is 20.2 Å². The van der Waals surface area contributed by atoms with E-state index in [9.17, 15) is 30.3 Å². The molecule has 0 saturated heterocycles. The SMILES string of the molecule is C=C(C=CC=C([C@H](O)CCCCC)[C@H]1CC[C@]2([C@@H]1O)[C@H]1C(=C(C)C=O)[C@@H](C=C[C@H]1CCO)C[C@]2(O)CCNC)[C@@H]1CC=C(C)[C@@H](O)N[C@@H](C)Cc2cccc(c2)C1. The van der Waals surface area contributed by atoms with Crippen LogP contribution in [0.15, 0.2) is 95.2 Å². The maximum Gasteiger partial charge on any atom is 0.145 e. The number of carbonyl (C=O) groups is 1. The van der Waals surface area contributed by atoms with Crippen LogP contribution in [0.3, 0.4) is 0 Å². The van der Waals surface area contributed by atoms with Crippen LogP contribution in [-0.2, 0) is 17.6 Å². The third kappa shape index (κ3) is 9.92. The summed E-state index contributed by atoms with van der Waals surface area (Å²) in [4.78, 5) is 12.4. The fourth-order valence-corrected chi connectivity index (χ4v) is 11.0. The van der Waals surface area contributed by atoms with Gasteiger partial charge in [0.05, 0.1) is 17.8 Å². The second-order valence-corrected chi connectivity index (χ2v) is 17.8. The minimum Gasteiger partial charge on any atom is -0.396 e. The molecular formula is C49H72N2O6. The summed E-state index contributed by atoms with van der Waals surface area (Å²) in [6.45, 7) is 13.1. The quantitative estimate of drug-likeness (QED) is 0.0338. The number of hydrogen-bond donors (Lipinski definition) is 7. The zero-order valence-corrected chi connectivity index (χ0v) is 35.3. The number of fused-ring (bicyclic) bond motifs is 5. The largest absolute Gasteiger partial charge is 0.396 e. The number of aliphatic hydroxyl groups excluding tert-OH is 4. The van der Waals surface area contributed by atoms with E-state index >= 15 is 0 Å². The number of carbonyl (C=O) groups excluding carboxylic acids is 1. The van der Waals surface area contributed by atoms with Crippen molar-refractivity contribution >= 4 is 6.29 Å². The van der Waals surface area contributed by atoms with Crippen LogP contribution in [0, 0.1) is 35.0 Å². The lowest BCUT2D eigenvalue weighted by Crippen LogP contribution is -2.65. The maximum absolute atomic E-state index is 13.0. The summed E-state index contributed by atoms with van der Waals surface area (Å²) < 4.78 is 0. The summed E-state index contributed by atoms with van der Waals surface area (Å²) >= 11 is 0. The molecule has 57 heavy (non-hydrogen) atoms. The highest BCUT2D eigenvalue weighted by Gasteiger charge is 2.68. The summed E-state index contributed by atoms with van der Waals surface area (Å²) in [6, 6.07) is 8.78. The molecule has 1 aliphatic heterocycles. The highest BCUT2D eigenvalue weighted by molar-refractivity contribution is 5.74. The van der Waals surface area contributed by atoms with Gasteiger partial charge in [0.25, 0.3) is 0 Å². The molecule has 4 aliphatic rings. The van der Waals surface area contributed by atoms with E-state index in [0.717, 1.165) is 60.7 Å². The fraction of sp³-hybridized carbons (Fsp3) is 0.612. The third-order valence-electron chi connectivity index (χ3n) is 14.0. The third-order valence-corrected chi connectivity index (χ3v) is 14.0. The van der Waals surface area contributed by atoms with E-state index < -0.39 is 35.4 Å². The molecule has 1 heterocycles. The first-order valence-corrected chi connectivity index (χ1v) is 21.8. The number of rotatable bonds is 15.